The van der Waals surface area contributed by atoms with Crippen LogP contribution in [-0.4, -0.2) is 42.7 Å². The molecule has 0 fully saturated rings. The molecule has 0 aromatic heterocycles. The smallest absolute Gasteiger partial charge is 0.135 e. The van der Waals surface area contributed by atoms with Gasteiger partial charge in [0.05, 0.1) is 42.7 Å². The SMILES string of the molecule is COc1cc(/C=C(/O/C(=C/c2cc(OC)cc(OC)c2)c2cccc(OC)c2)c2cccc(OC)c2)cc(OC)c1. The van der Waals surface area contributed by atoms with Gasteiger partial charge in [-0.1, -0.05) is 24.3 Å². The molecule has 0 saturated heterocycles. The maximum atomic E-state index is 6.77. The summed E-state index contributed by atoms with van der Waals surface area (Å²) >= 11 is 0. The minimum Gasteiger partial charge on any atom is -0.497 e. The van der Waals surface area contributed by atoms with Gasteiger partial charge in [0, 0.05) is 23.3 Å². The summed E-state index contributed by atoms with van der Waals surface area (Å²) in [7, 11) is 9.74. The fourth-order valence-electron chi connectivity index (χ4n) is 4.14. The fourth-order valence-corrected chi connectivity index (χ4v) is 4.14. The normalized spacial score (nSPS) is 11.5. The zero-order chi connectivity index (χ0) is 29.2. The van der Waals surface area contributed by atoms with Crippen LogP contribution in [0.25, 0.3) is 23.7 Å². The molecular formula is C34H34O7. The fraction of sp³-hybridized carbons (Fsp3) is 0.176. The zero-order valence-electron chi connectivity index (χ0n) is 24.1. The van der Waals surface area contributed by atoms with E-state index in [1.54, 1.807) is 42.7 Å². The molecule has 0 amide bonds. The average molecular weight is 555 g/mol. The summed E-state index contributed by atoms with van der Waals surface area (Å²) in [4.78, 5) is 0. The molecule has 0 heterocycles. The van der Waals surface area contributed by atoms with Crippen LogP contribution in [0.15, 0.2) is 84.9 Å². The number of methoxy groups -OCH3 is 6. The van der Waals surface area contributed by atoms with Crippen LogP contribution in [0.5, 0.6) is 34.5 Å². The van der Waals surface area contributed by atoms with E-state index in [0.717, 1.165) is 22.3 Å². The Kier molecular flexibility index (Phi) is 9.78. The molecule has 0 aliphatic rings. The van der Waals surface area contributed by atoms with E-state index in [1.165, 1.54) is 0 Å². The molecule has 0 bridgehead atoms. The van der Waals surface area contributed by atoms with Crippen molar-refractivity contribution >= 4 is 23.7 Å². The topological polar surface area (TPSA) is 64.6 Å². The standard InChI is InChI=1S/C34H34O7/c1-35-27-11-7-9-25(19-27)33(17-23-13-29(37-3)21-30(14-23)38-4)41-34(26-10-8-12-28(20-26)36-2)18-24-15-31(39-5)22-32(16-24)40-6/h7-22H,1-6H3/b33-17+,34-18+. The quantitative estimate of drug-likeness (QED) is 0.133. The summed E-state index contributed by atoms with van der Waals surface area (Å²) in [5, 5.41) is 0. The van der Waals surface area contributed by atoms with E-state index in [4.69, 9.17) is 33.2 Å². The van der Waals surface area contributed by atoms with E-state index < -0.39 is 0 Å². The molecule has 7 heteroatoms. The highest BCUT2D eigenvalue weighted by molar-refractivity contribution is 5.86. The minimum absolute atomic E-state index is 0.572. The molecule has 0 N–H and O–H groups in total. The lowest BCUT2D eigenvalue weighted by atomic mass is 10.1. The van der Waals surface area contributed by atoms with Crippen LogP contribution in [0.3, 0.4) is 0 Å². The highest BCUT2D eigenvalue weighted by Gasteiger charge is 2.14. The van der Waals surface area contributed by atoms with E-state index >= 15 is 0 Å². The Bertz CT molecular complexity index is 1380. The monoisotopic (exact) mass is 554 g/mol. The summed E-state index contributed by atoms with van der Waals surface area (Å²) in [6, 6.07) is 26.6. The van der Waals surface area contributed by atoms with Crippen LogP contribution >= 0.6 is 0 Å². The van der Waals surface area contributed by atoms with Gasteiger partial charge >= 0.3 is 0 Å². The molecule has 4 rings (SSSR count). The number of rotatable bonds is 12. The highest BCUT2D eigenvalue weighted by Crippen LogP contribution is 2.34. The van der Waals surface area contributed by atoms with E-state index in [-0.39, 0.29) is 0 Å². The van der Waals surface area contributed by atoms with Crippen LogP contribution in [0.2, 0.25) is 0 Å². The molecule has 41 heavy (non-hydrogen) atoms. The Morgan fingerprint density at radius 1 is 0.415 bits per heavy atom. The van der Waals surface area contributed by atoms with Gasteiger partial charge in [-0.15, -0.1) is 0 Å². The lowest BCUT2D eigenvalue weighted by Gasteiger charge is -2.17. The second-order valence-corrected chi connectivity index (χ2v) is 8.88. The predicted octanol–water partition coefficient (Wildman–Crippen LogP) is 7.45. The molecule has 0 unspecified atom stereocenters. The number of ether oxygens (including phenoxy) is 7. The first-order valence-electron chi connectivity index (χ1n) is 12.8. The van der Waals surface area contributed by atoms with Crippen molar-refractivity contribution in [2.24, 2.45) is 0 Å². The van der Waals surface area contributed by atoms with Gasteiger partial charge in [-0.2, -0.15) is 0 Å². The Labute approximate surface area is 241 Å². The maximum Gasteiger partial charge on any atom is 0.135 e. The number of hydrogen-bond acceptors (Lipinski definition) is 7. The highest BCUT2D eigenvalue weighted by atomic mass is 16.5. The van der Waals surface area contributed by atoms with Crippen LogP contribution in [0, 0.1) is 0 Å². The molecular weight excluding hydrogens is 520 g/mol. The summed E-state index contributed by atoms with van der Waals surface area (Å²) in [5.41, 5.74) is 3.27. The van der Waals surface area contributed by atoms with Gasteiger partial charge in [0.2, 0.25) is 0 Å². The van der Waals surface area contributed by atoms with Gasteiger partial charge < -0.3 is 33.2 Å². The Hall–Kier alpha value is -5.04. The first-order chi connectivity index (χ1) is 20.0. The van der Waals surface area contributed by atoms with Crippen molar-refractivity contribution in [3.8, 4) is 34.5 Å². The van der Waals surface area contributed by atoms with Crippen LogP contribution in [0.1, 0.15) is 22.3 Å². The molecule has 0 radical (unpaired) electrons. The second-order valence-electron chi connectivity index (χ2n) is 8.88. The predicted molar refractivity (Wildman–Crippen MR) is 162 cm³/mol. The minimum atomic E-state index is 0.572. The van der Waals surface area contributed by atoms with Gasteiger partial charge in [-0.25, -0.2) is 0 Å². The summed E-state index contributed by atoms with van der Waals surface area (Å²) in [5.74, 6) is 5.18. The summed E-state index contributed by atoms with van der Waals surface area (Å²) < 4.78 is 39.8. The van der Waals surface area contributed by atoms with Crippen molar-refractivity contribution in [1.29, 1.82) is 0 Å². The molecule has 0 spiro atoms. The third kappa shape index (κ3) is 7.54. The van der Waals surface area contributed by atoms with Crippen LogP contribution in [0.4, 0.5) is 0 Å². The average Bonchev–Trinajstić information content (AvgIpc) is 3.03. The Morgan fingerprint density at radius 3 is 1.07 bits per heavy atom. The lowest BCUT2D eigenvalue weighted by Crippen LogP contribution is -1.97. The van der Waals surface area contributed by atoms with Crippen molar-refractivity contribution in [1.82, 2.24) is 0 Å². The molecule has 7 nitrogen and oxygen atoms in total. The Balaban J connectivity index is 1.92. The van der Waals surface area contributed by atoms with E-state index in [2.05, 4.69) is 0 Å². The molecule has 4 aromatic rings. The first kappa shape index (κ1) is 29.0. The third-order valence-electron chi connectivity index (χ3n) is 6.27. The van der Waals surface area contributed by atoms with E-state index in [9.17, 15) is 0 Å². The van der Waals surface area contributed by atoms with Gasteiger partial charge in [-0.05, 0) is 71.8 Å². The van der Waals surface area contributed by atoms with Crippen LogP contribution in [-0.2, 0) is 4.74 Å². The summed E-state index contributed by atoms with van der Waals surface area (Å²) in [6.07, 6.45) is 3.86. The van der Waals surface area contributed by atoms with Crippen molar-refractivity contribution in [3.63, 3.8) is 0 Å². The van der Waals surface area contributed by atoms with Crippen molar-refractivity contribution < 1.29 is 33.2 Å². The van der Waals surface area contributed by atoms with Gasteiger partial charge in [0.15, 0.2) is 0 Å². The van der Waals surface area contributed by atoms with E-state index in [1.807, 2.05) is 97.1 Å². The van der Waals surface area contributed by atoms with Crippen LogP contribution < -0.4 is 28.4 Å². The van der Waals surface area contributed by atoms with E-state index in [0.29, 0.717) is 46.0 Å². The number of benzene rings is 4. The largest absolute Gasteiger partial charge is 0.497 e. The third-order valence-corrected chi connectivity index (χ3v) is 6.27. The molecule has 0 saturated carbocycles. The zero-order valence-corrected chi connectivity index (χ0v) is 24.1. The molecule has 0 atom stereocenters. The summed E-state index contributed by atoms with van der Waals surface area (Å²) in [6.45, 7) is 0. The first-order valence-corrected chi connectivity index (χ1v) is 12.8. The van der Waals surface area contributed by atoms with Crippen molar-refractivity contribution in [3.05, 3.63) is 107 Å². The van der Waals surface area contributed by atoms with Crippen molar-refractivity contribution in [2.75, 3.05) is 42.7 Å². The van der Waals surface area contributed by atoms with Crippen molar-refractivity contribution in [2.45, 2.75) is 0 Å². The van der Waals surface area contributed by atoms with Gasteiger partial charge in [-0.3, -0.25) is 0 Å². The molecule has 212 valence electrons. The molecule has 4 aromatic carbocycles. The second kappa shape index (κ2) is 13.8. The maximum absolute atomic E-state index is 6.77. The van der Waals surface area contributed by atoms with Gasteiger partial charge in [0.1, 0.15) is 46.0 Å². The molecule has 0 aliphatic carbocycles. The number of hydrogen-bond donors (Lipinski definition) is 0. The lowest BCUT2D eigenvalue weighted by molar-refractivity contribution is 0.394. The van der Waals surface area contributed by atoms with Gasteiger partial charge in [0.25, 0.3) is 0 Å². The molecule has 0 aliphatic heterocycles. The Morgan fingerprint density at radius 2 is 0.756 bits per heavy atom.